The molecular weight excluding hydrogens is 344 g/mol. The summed E-state index contributed by atoms with van der Waals surface area (Å²) in [5.41, 5.74) is 3.11. The van der Waals surface area contributed by atoms with Gasteiger partial charge in [-0.25, -0.2) is 4.79 Å². The van der Waals surface area contributed by atoms with Crippen LogP contribution in [-0.2, 0) is 9.53 Å². The van der Waals surface area contributed by atoms with Gasteiger partial charge in [-0.05, 0) is 47.4 Å². The summed E-state index contributed by atoms with van der Waals surface area (Å²) >= 11 is 0. The highest BCUT2D eigenvalue weighted by Gasteiger charge is 2.21. The number of esters is 1. The van der Waals surface area contributed by atoms with Crippen LogP contribution in [0.2, 0.25) is 0 Å². The van der Waals surface area contributed by atoms with Crippen molar-refractivity contribution in [2.24, 2.45) is 0 Å². The highest BCUT2D eigenvalue weighted by atomic mass is 16.5. The molecule has 0 saturated heterocycles. The van der Waals surface area contributed by atoms with Crippen LogP contribution in [-0.4, -0.2) is 34.4 Å². The molecule has 0 heterocycles. The molecule has 0 aliphatic heterocycles. The van der Waals surface area contributed by atoms with Crippen molar-refractivity contribution in [3.63, 3.8) is 0 Å². The Kier molecular flexibility index (Phi) is 7.29. The van der Waals surface area contributed by atoms with Gasteiger partial charge in [0, 0.05) is 0 Å². The molecular formula is C22H26O5. The molecule has 0 saturated carbocycles. The average molecular weight is 370 g/mol. The zero-order valence-electron chi connectivity index (χ0n) is 16.5. The predicted molar refractivity (Wildman–Crippen MR) is 106 cm³/mol. The lowest BCUT2D eigenvalue weighted by molar-refractivity contribution is -0.133. The highest BCUT2D eigenvalue weighted by Crippen LogP contribution is 2.36. The Bertz CT molecular complexity index is 806. The van der Waals surface area contributed by atoms with E-state index in [-0.39, 0.29) is 5.97 Å². The number of rotatable bonds is 8. The van der Waals surface area contributed by atoms with Crippen LogP contribution in [0.1, 0.15) is 30.9 Å². The first-order valence-electron chi connectivity index (χ1n) is 8.77. The van der Waals surface area contributed by atoms with Gasteiger partial charge in [0.2, 0.25) is 0 Å². The largest absolute Gasteiger partial charge is 0.497 e. The fraction of sp³-hybridized carbons (Fsp3) is 0.318. The second-order valence-electron chi connectivity index (χ2n) is 5.89. The standard InChI is InChI=1S/C22H26O5/c1-6-7-18(15-8-11-17(24-2)12-9-15)21(22(23)27-5)16-10-13-19(25-3)20(14-16)26-4/h8-14H,6-7H2,1-5H3/b21-18+. The molecule has 144 valence electrons. The molecule has 2 aromatic rings. The van der Waals surface area contributed by atoms with Crippen LogP contribution in [0.3, 0.4) is 0 Å². The summed E-state index contributed by atoms with van der Waals surface area (Å²) in [4.78, 5) is 12.7. The number of allylic oxidation sites excluding steroid dienone is 1. The third-order valence-electron chi connectivity index (χ3n) is 4.30. The summed E-state index contributed by atoms with van der Waals surface area (Å²) in [6.45, 7) is 2.08. The molecule has 5 heteroatoms. The highest BCUT2D eigenvalue weighted by molar-refractivity contribution is 6.24. The van der Waals surface area contributed by atoms with E-state index in [2.05, 4.69) is 6.92 Å². The molecule has 0 unspecified atom stereocenters. The molecule has 0 radical (unpaired) electrons. The van der Waals surface area contributed by atoms with Crippen molar-refractivity contribution in [3.05, 3.63) is 53.6 Å². The Hall–Kier alpha value is -2.95. The molecule has 0 aliphatic carbocycles. The number of methoxy groups -OCH3 is 4. The van der Waals surface area contributed by atoms with Crippen molar-refractivity contribution in [3.8, 4) is 17.2 Å². The van der Waals surface area contributed by atoms with Gasteiger partial charge in [-0.3, -0.25) is 0 Å². The van der Waals surface area contributed by atoms with E-state index in [1.807, 2.05) is 30.3 Å². The average Bonchev–Trinajstić information content (AvgIpc) is 2.73. The van der Waals surface area contributed by atoms with Crippen molar-refractivity contribution in [1.82, 2.24) is 0 Å². The van der Waals surface area contributed by atoms with Crippen LogP contribution in [0, 0.1) is 0 Å². The second kappa shape index (κ2) is 9.67. The predicted octanol–water partition coefficient (Wildman–Crippen LogP) is 4.60. The molecule has 2 aromatic carbocycles. The van der Waals surface area contributed by atoms with Gasteiger partial charge in [0.15, 0.2) is 11.5 Å². The van der Waals surface area contributed by atoms with Gasteiger partial charge in [-0.1, -0.05) is 31.5 Å². The van der Waals surface area contributed by atoms with Gasteiger partial charge in [0.1, 0.15) is 5.75 Å². The van der Waals surface area contributed by atoms with Crippen molar-refractivity contribution < 1.29 is 23.7 Å². The monoisotopic (exact) mass is 370 g/mol. The van der Waals surface area contributed by atoms with Crippen LogP contribution in [0.4, 0.5) is 0 Å². The van der Waals surface area contributed by atoms with E-state index in [0.717, 1.165) is 35.3 Å². The van der Waals surface area contributed by atoms with Gasteiger partial charge >= 0.3 is 5.97 Å². The number of hydrogen-bond acceptors (Lipinski definition) is 5. The fourth-order valence-corrected chi connectivity index (χ4v) is 2.96. The van der Waals surface area contributed by atoms with Crippen LogP contribution in [0.15, 0.2) is 42.5 Å². The molecule has 27 heavy (non-hydrogen) atoms. The van der Waals surface area contributed by atoms with Gasteiger partial charge in [0.25, 0.3) is 0 Å². The molecule has 0 N–H and O–H groups in total. The van der Waals surface area contributed by atoms with Crippen LogP contribution in [0.25, 0.3) is 11.1 Å². The number of hydrogen-bond donors (Lipinski definition) is 0. The third-order valence-corrected chi connectivity index (χ3v) is 4.30. The van der Waals surface area contributed by atoms with E-state index in [1.165, 1.54) is 7.11 Å². The number of benzene rings is 2. The Morgan fingerprint density at radius 2 is 1.44 bits per heavy atom. The van der Waals surface area contributed by atoms with Crippen LogP contribution >= 0.6 is 0 Å². The Morgan fingerprint density at radius 1 is 0.815 bits per heavy atom. The van der Waals surface area contributed by atoms with Gasteiger partial charge < -0.3 is 18.9 Å². The van der Waals surface area contributed by atoms with Crippen molar-refractivity contribution in [1.29, 1.82) is 0 Å². The zero-order valence-corrected chi connectivity index (χ0v) is 16.5. The van der Waals surface area contributed by atoms with Crippen molar-refractivity contribution in [2.45, 2.75) is 19.8 Å². The van der Waals surface area contributed by atoms with E-state index in [1.54, 1.807) is 33.5 Å². The van der Waals surface area contributed by atoms with Gasteiger partial charge in [-0.15, -0.1) is 0 Å². The van der Waals surface area contributed by atoms with E-state index in [9.17, 15) is 4.79 Å². The molecule has 0 atom stereocenters. The Labute approximate surface area is 160 Å². The fourth-order valence-electron chi connectivity index (χ4n) is 2.96. The van der Waals surface area contributed by atoms with E-state index < -0.39 is 0 Å². The number of carbonyl (C=O) groups is 1. The molecule has 0 bridgehead atoms. The third kappa shape index (κ3) is 4.61. The topological polar surface area (TPSA) is 54.0 Å². The smallest absolute Gasteiger partial charge is 0.338 e. The maximum Gasteiger partial charge on any atom is 0.338 e. The summed E-state index contributed by atoms with van der Waals surface area (Å²) in [6.07, 6.45) is 1.61. The molecule has 0 aromatic heterocycles. The number of carbonyl (C=O) groups excluding carboxylic acids is 1. The molecule has 2 rings (SSSR count). The minimum absolute atomic E-state index is 0.388. The zero-order chi connectivity index (χ0) is 19.8. The second-order valence-corrected chi connectivity index (χ2v) is 5.89. The van der Waals surface area contributed by atoms with Crippen molar-refractivity contribution in [2.75, 3.05) is 28.4 Å². The van der Waals surface area contributed by atoms with E-state index in [0.29, 0.717) is 17.1 Å². The molecule has 0 spiro atoms. The maximum absolute atomic E-state index is 12.7. The Morgan fingerprint density at radius 3 is 1.96 bits per heavy atom. The van der Waals surface area contributed by atoms with Crippen LogP contribution in [0.5, 0.6) is 17.2 Å². The molecule has 5 nitrogen and oxygen atoms in total. The first kappa shape index (κ1) is 20.4. The minimum atomic E-state index is -0.388. The summed E-state index contributed by atoms with van der Waals surface area (Å²) in [5, 5.41) is 0. The van der Waals surface area contributed by atoms with Crippen LogP contribution < -0.4 is 14.2 Å². The summed E-state index contributed by atoms with van der Waals surface area (Å²) in [5.74, 6) is 1.54. The van der Waals surface area contributed by atoms with Crippen molar-refractivity contribution >= 4 is 17.1 Å². The lowest BCUT2D eigenvalue weighted by atomic mass is 9.91. The maximum atomic E-state index is 12.7. The van der Waals surface area contributed by atoms with Gasteiger partial charge in [0.05, 0.1) is 34.0 Å². The number of ether oxygens (including phenoxy) is 4. The Balaban J connectivity index is 2.70. The molecule has 0 amide bonds. The molecule has 0 aliphatic rings. The first-order valence-corrected chi connectivity index (χ1v) is 8.77. The van der Waals surface area contributed by atoms with E-state index in [4.69, 9.17) is 18.9 Å². The first-order chi connectivity index (χ1) is 13.1. The van der Waals surface area contributed by atoms with Gasteiger partial charge in [-0.2, -0.15) is 0 Å². The van der Waals surface area contributed by atoms with E-state index >= 15 is 0 Å². The normalized spacial score (nSPS) is 11.4. The SMILES string of the molecule is CCC/C(=C(\C(=O)OC)c1ccc(OC)c(OC)c1)c1ccc(OC)cc1. The summed E-state index contributed by atoms with van der Waals surface area (Å²) < 4.78 is 21.0. The quantitative estimate of drug-likeness (QED) is 0.386. The summed E-state index contributed by atoms with van der Waals surface area (Å²) in [7, 11) is 6.16. The lowest BCUT2D eigenvalue weighted by Gasteiger charge is -2.16. The minimum Gasteiger partial charge on any atom is -0.497 e. The molecule has 0 fully saturated rings. The summed E-state index contributed by atoms with van der Waals surface area (Å²) in [6, 6.07) is 13.1. The lowest BCUT2D eigenvalue weighted by Crippen LogP contribution is -2.08.